The fraction of sp³-hybridized carbons (Fsp3) is 0.0645. The van der Waals surface area contributed by atoms with Gasteiger partial charge in [0.05, 0.1) is 33.8 Å². The minimum absolute atomic E-state index is 0.137. The number of H-pyrrole nitrogens is 1. The Morgan fingerprint density at radius 3 is 2.48 bits per heavy atom. The molecule has 0 spiro atoms. The number of hydrogen-bond acceptors (Lipinski definition) is 7. The molecule has 0 saturated heterocycles. The number of amides is 1. The molecule has 4 aromatic carbocycles. The van der Waals surface area contributed by atoms with Crippen molar-refractivity contribution >= 4 is 46.3 Å². The number of hydrogen-bond donors (Lipinski definition) is 2. The molecule has 0 aliphatic rings. The second-order valence-corrected chi connectivity index (χ2v) is 9.34. The third kappa shape index (κ3) is 5.98. The molecule has 5 rings (SSSR count). The van der Waals surface area contributed by atoms with Crippen molar-refractivity contribution in [3.63, 3.8) is 0 Å². The highest BCUT2D eigenvalue weighted by Crippen LogP contribution is 2.35. The summed E-state index contributed by atoms with van der Waals surface area (Å²) in [5.41, 5.74) is 5.64. The summed E-state index contributed by atoms with van der Waals surface area (Å²) >= 11 is 6.40. The zero-order valence-electron chi connectivity index (χ0n) is 22.2. The number of halogens is 1. The molecule has 1 amide bonds. The summed E-state index contributed by atoms with van der Waals surface area (Å²) in [6, 6.07) is 24.8. The maximum atomic E-state index is 13.2. The van der Waals surface area contributed by atoms with E-state index in [0.717, 1.165) is 10.9 Å². The zero-order chi connectivity index (χ0) is 29.6. The molecule has 1 heterocycles. The number of rotatable bonds is 9. The van der Waals surface area contributed by atoms with E-state index in [1.165, 1.54) is 36.5 Å². The minimum atomic E-state index is -0.702. The van der Waals surface area contributed by atoms with Crippen molar-refractivity contribution in [2.45, 2.75) is 6.92 Å². The normalized spacial score (nSPS) is 11.0. The number of nitrogens with zero attached hydrogens (tertiary/aromatic N) is 2. The maximum Gasteiger partial charge on any atom is 0.343 e. The van der Waals surface area contributed by atoms with Crippen molar-refractivity contribution in [2.75, 3.05) is 6.61 Å². The topological polar surface area (TPSA) is 136 Å². The van der Waals surface area contributed by atoms with Gasteiger partial charge >= 0.3 is 5.97 Å². The Kier molecular flexibility index (Phi) is 8.26. The number of hydrazone groups is 1. The molecule has 0 aliphatic heterocycles. The highest BCUT2D eigenvalue weighted by atomic mass is 35.5. The van der Waals surface area contributed by atoms with Crippen LogP contribution in [0, 0.1) is 10.1 Å². The third-order valence-corrected chi connectivity index (χ3v) is 6.55. The lowest BCUT2D eigenvalue weighted by Gasteiger charge is -2.11. The van der Waals surface area contributed by atoms with Gasteiger partial charge in [-0.05, 0) is 54.4 Å². The first-order valence-electron chi connectivity index (χ1n) is 12.8. The van der Waals surface area contributed by atoms with Crippen molar-refractivity contribution in [3.05, 3.63) is 123 Å². The third-order valence-electron chi connectivity index (χ3n) is 6.24. The maximum absolute atomic E-state index is 13.2. The molecule has 10 nitrogen and oxygen atoms in total. The second-order valence-electron chi connectivity index (χ2n) is 8.94. The summed E-state index contributed by atoms with van der Waals surface area (Å²) in [5, 5.41) is 16.3. The Morgan fingerprint density at radius 2 is 1.76 bits per heavy atom. The van der Waals surface area contributed by atoms with E-state index in [0.29, 0.717) is 34.0 Å². The zero-order valence-corrected chi connectivity index (χ0v) is 22.9. The SMILES string of the molecule is CCOc1cc(C=NNC(=O)c2[nH]c3c(Cl)cccc3c2-c2ccccc2)ccc1OC(=O)c1ccc([N+](=O)[O-])cc1. The summed E-state index contributed by atoms with van der Waals surface area (Å²) in [6.07, 6.45) is 1.43. The fourth-order valence-corrected chi connectivity index (χ4v) is 4.54. The number of nitro groups is 1. The van der Waals surface area contributed by atoms with Gasteiger partial charge in [-0.2, -0.15) is 5.10 Å². The monoisotopic (exact) mass is 582 g/mol. The number of aromatic nitrogens is 1. The fourth-order valence-electron chi connectivity index (χ4n) is 4.31. The Labute approximate surface area is 244 Å². The highest BCUT2D eigenvalue weighted by Gasteiger charge is 2.20. The van der Waals surface area contributed by atoms with Gasteiger partial charge < -0.3 is 14.5 Å². The standard InChI is InChI=1S/C31H23ClN4O6/c1-2-41-26-17-19(11-16-25(26)42-31(38)21-12-14-22(15-13-21)36(39)40)18-33-35-30(37)29-27(20-7-4-3-5-8-20)23-9-6-10-24(32)28(23)34-29/h3-18,34H,2H2,1H3,(H,35,37). The van der Waals surface area contributed by atoms with Gasteiger partial charge in [0.2, 0.25) is 0 Å². The molecule has 1 aromatic heterocycles. The molecule has 0 aliphatic carbocycles. The number of benzene rings is 4. The lowest BCUT2D eigenvalue weighted by Crippen LogP contribution is -2.18. The van der Waals surface area contributed by atoms with Crippen molar-refractivity contribution in [2.24, 2.45) is 5.10 Å². The Hall–Kier alpha value is -5.48. The molecule has 0 unspecified atom stereocenters. The van der Waals surface area contributed by atoms with E-state index in [1.807, 2.05) is 42.5 Å². The van der Waals surface area contributed by atoms with Crippen LogP contribution in [0.2, 0.25) is 5.02 Å². The van der Waals surface area contributed by atoms with Crippen LogP contribution >= 0.6 is 11.6 Å². The predicted molar refractivity (Wildman–Crippen MR) is 159 cm³/mol. The number of esters is 1. The molecule has 11 heteroatoms. The number of fused-ring (bicyclic) bond motifs is 1. The average Bonchev–Trinajstić information content (AvgIpc) is 3.40. The van der Waals surface area contributed by atoms with Crippen LogP contribution in [0.25, 0.3) is 22.0 Å². The van der Waals surface area contributed by atoms with Gasteiger partial charge in [0, 0.05) is 23.1 Å². The minimum Gasteiger partial charge on any atom is -0.490 e. The second kappa shape index (κ2) is 12.4. The molecule has 5 aromatic rings. The van der Waals surface area contributed by atoms with Gasteiger partial charge in [0.25, 0.3) is 11.6 Å². The van der Waals surface area contributed by atoms with Crippen LogP contribution in [-0.4, -0.2) is 34.6 Å². The van der Waals surface area contributed by atoms with Crippen LogP contribution in [0.5, 0.6) is 11.5 Å². The van der Waals surface area contributed by atoms with Crippen LogP contribution in [0.15, 0.2) is 96.1 Å². The van der Waals surface area contributed by atoms with Crippen molar-refractivity contribution in [1.82, 2.24) is 10.4 Å². The molecule has 0 fully saturated rings. The molecular formula is C31H23ClN4O6. The number of carbonyl (C=O) groups is 2. The molecule has 0 bridgehead atoms. The first-order chi connectivity index (χ1) is 20.4. The number of nitro benzene ring substituents is 1. The van der Waals surface area contributed by atoms with E-state index < -0.39 is 16.8 Å². The first kappa shape index (κ1) is 28.1. The number of aromatic amines is 1. The van der Waals surface area contributed by atoms with E-state index >= 15 is 0 Å². The highest BCUT2D eigenvalue weighted by molar-refractivity contribution is 6.36. The van der Waals surface area contributed by atoms with Crippen LogP contribution in [0.3, 0.4) is 0 Å². The van der Waals surface area contributed by atoms with Crippen LogP contribution in [0.4, 0.5) is 5.69 Å². The predicted octanol–water partition coefficient (Wildman–Crippen LogP) is 6.78. The van der Waals surface area contributed by atoms with Gasteiger partial charge in [0.1, 0.15) is 5.69 Å². The van der Waals surface area contributed by atoms with Crippen molar-refractivity contribution in [3.8, 4) is 22.6 Å². The van der Waals surface area contributed by atoms with Gasteiger partial charge in [-0.3, -0.25) is 14.9 Å². The van der Waals surface area contributed by atoms with Gasteiger partial charge in [-0.15, -0.1) is 0 Å². The molecule has 2 N–H and O–H groups in total. The van der Waals surface area contributed by atoms with Crippen molar-refractivity contribution < 1.29 is 24.0 Å². The van der Waals surface area contributed by atoms with Gasteiger partial charge in [-0.25, -0.2) is 10.2 Å². The van der Waals surface area contributed by atoms with E-state index in [2.05, 4.69) is 15.5 Å². The molecule has 0 atom stereocenters. The molecule has 0 radical (unpaired) electrons. The van der Waals surface area contributed by atoms with Crippen LogP contribution in [-0.2, 0) is 0 Å². The van der Waals surface area contributed by atoms with Crippen molar-refractivity contribution in [1.29, 1.82) is 0 Å². The summed E-state index contributed by atoms with van der Waals surface area (Å²) < 4.78 is 11.1. The van der Waals surface area contributed by atoms with E-state index in [1.54, 1.807) is 25.1 Å². The summed E-state index contributed by atoms with van der Waals surface area (Å²) in [4.78, 5) is 39.3. The number of nitrogens with one attached hydrogen (secondary N) is 2. The smallest absolute Gasteiger partial charge is 0.343 e. The summed E-state index contributed by atoms with van der Waals surface area (Å²) in [5.74, 6) is -0.730. The molecule has 210 valence electrons. The van der Waals surface area contributed by atoms with E-state index in [-0.39, 0.29) is 22.7 Å². The molecular weight excluding hydrogens is 560 g/mol. The number of para-hydroxylation sites is 1. The number of ether oxygens (including phenoxy) is 2. The quantitative estimate of drug-likeness (QED) is 0.0646. The van der Waals surface area contributed by atoms with Crippen LogP contribution < -0.4 is 14.9 Å². The van der Waals surface area contributed by atoms with E-state index in [4.69, 9.17) is 21.1 Å². The Bertz CT molecular complexity index is 1820. The summed E-state index contributed by atoms with van der Waals surface area (Å²) in [6.45, 7) is 2.07. The van der Waals surface area contributed by atoms with Crippen LogP contribution in [0.1, 0.15) is 33.3 Å². The van der Waals surface area contributed by atoms with Gasteiger partial charge in [-0.1, -0.05) is 54.1 Å². The van der Waals surface area contributed by atoms with Gasteiger partial charge in [0.15, 0.2) is 11.5 Å². The number of carbonyl (C=O) groups excluding carboxylic acids is 2. The largest absolute Gasteiger partial charge is 0.490 e. The number of non-ortho nitro benzene ring substituents is 1. The molecule has 42 heavy (non-hydrogen) atoms. The Balaban J connectivity index is 1.34. The Morgan fingerprint density at radius 1 is 1.00 bits per heavy atom. The summed E-state index contributed by atoms with van der Waals surface area (Å²) in [7, 11) is 0. The lowest BCUT2D eigenvalue weighted by atomic mass is 10.0. The first-order valence-corrected chi connectivity index (χ1v) is 13.2. The van der Waals surface area contributed by atoms with E-state index in [9.17, 15) is 19.7 Å². The molecule has 0 saturated carbocycles. The lowest BCUT2D eigenvalue weighted by molar-refractivity contribution is -0.384. The average molecular weight is 583 g/mol.